The van der Waals surface area contributed by atoms with Gasteiger partial charge in [-0.1, -0.05) is 0 Å². The molecule has 0 saturated carbocycles. The summed E-state index contributed by atoms with van der Waals surface area (Å²) in [7, 11) is 0. The van der Waals surface area contributed by atoms with Crippen LogP contribution in [0.5, 0.6) is 0 Å². The molecular formula is C12H17N3O. The zero-order valence-corrected chi connectivity index (χ0v) is 9.35. The SMILES string of the molecule is c1cc(C2CCOCC2)nc(C2CNC2)n1. The van der Waals surface area contributed by atoms with E-state index >= 15 is 0 Å². The van der Waals surface area contributed by atoms with Crippen LogP contribution in [0.2, 0.25) is 0 Å². The minimum absolute atomic E-state index is 0.528. The molecule has 0 amide bonds. The zero-order valence-electron chi connectivity index (χ0n) is 9.35. The van der Waals surface area contributed by atoms with Crippen molar-refractivity contribution >= 4 is 0 Å². The largest absolute Gasteiger partial charge is 0.381 e. The number of rotatable bonds is 2. The molecule has 2 saturated heterocycles. The van der Waals surface area contributed by atoms with Crippen molar-refractivity contribution < 1.29 is 4.74 Å². The van der Waals surface area contributed by atoms with Gasteiger partial charge in [0.15, 0.2) is 0 Å². The summed E-state index contributed by atoms with van der Waals surface area (Å²) in [5.41, 5.74) is 1.21. The van der Waals surface area contributed by atoms with Crippen molar-refractivity contribution in [3.8, 4) is 0 Å². The molecule has 2 fully saturated rings. The molecule has 1 aromatic heterocycles. The van der Waals surface area contributed by atoms with Crippen LogP contribution >= 0.6 is 0 Å². The summed E-state index contributed by atoms with van der Waals surface area (Å²) in [5.74, 6) is 2.12. The molecule has 2 aliphatic rings. The van der Waals surface area contributed by atoms with Crippen molar-refractivity contribution in [3.05, 3.63) is 23.8 Å². The Bertz CT molecular complexity index is 359. The van der Waals surface area contributed by atoms with Gasteiger partial charge in [-0.05, 0) is 18.9 Å². The maximum absolute atomic E-state index is 5.38. The summed E-state index contributed by atoms with van der Waals surface area (Å²) < 4.78 is 5.38. The van der Waals surface area contributed by atoms with Gasteiger partial charge in [-0.15, -0.1) is 0 Å². The fourth-order valence-electron chi connectivity index (χ4n) is 2.28. The van der Waals surface area contributed by atoms with Crippen molar-refractivity contribution in [2.75, 3.05) is 26.3 Å². The van der Waals surface area contributed by atoms with E-state index in [1.54, 1.807) is 0 Å². The van der Waals surface area contributed by atoms with Crippen molar-refractivity contribution in [1.82, 2.24) is 15.3 Å². The summed E-state index contributed by atoms with van der Waals surface area (Å²) >= 11 is 0. The first kappa shape index (κ1) is 10.2. The van der Waals surface area contributed by atoms with Crippen LogP contribution in [-0.4, -0.2) is 36.3 Å². The fraction of sp³-hybridized carbons (Fsp3) is 0.667. The Balaban J connectivity index is 1.77. The average Bonchev–Trinajstić information content (AvgIpc) is 2.28. The fourth-order valence-corrected chi connectivity index (χ4v) is 2.28. The molecule has 0 unspecified atom stereocenters. The Morgan fingerprint density at radius 2 is 2.00 bits per heavy atom. The molecule has 0 atom stereocenters. The molecule has 86 valence electrons. The molecule has 0 radical (unpaired) electrons. The van der Waals surface area contributed by atoms with Crippen LogP contribution in [0.3, 0.4) is 0 Å². The van der Waals surface area contributed by atoms with E-state index in [-0.39, 0.29) is 0 Å². The summed E-state index contributed by atoms with van der Waals surface area (Å²) in [4.78, 5) is 9.09. The Labute approximate surface area is 95.4 Å². The van der Waals surface area contributed by atoms with Gasteiger partial charge in [-0.2, -0.15) is 0 Å². The Hall–Kier alpha value is -1.00. The van der Waals surface area contributed by atoms with Gasteiger partial charge >= 0.3 is 0 Å². The van der Waals surface area contributed by atoms with Crippen molar-refractivity contribution in [1.29, 1.82) is 0 Å². The van der Waals surface area contributed by atoms with Gasteiger partial charge < -0.3 is 10.1 Å². The van der Waals surface area contributed by atoms with Crippen LogP contribution in [0.15, 0.2) is 12.3 Å². The number of nitrogens with one attached hydrogen (secondary N) is 1. The third-order valence-corrected chi connectivity index (χ3v) is 3.48. The van der Waals surface area contributed by atoms with Crippen molar-refractivity contribution in [2.24, 2.45) is 0 Å². The topological polar surface area (TPSA) is 47.0 Å². The molecule has 3 heterocycles. The molecule has 1 N–H and O–H groups in total. The van der Waals surface area contributed by atoms with Crippen LogP contribution in [-0.2, 0) is 4.74 Å². The van der Waals surface area contributed by atoms with E-state index in [4.69, 9.17) is 9.72 Å². The lowest BCUT2D eigenvalue weighted by Crippen LogP contribution is -2.41. The predicted octanol–water partition coefficient (Wildman–Crippen LogP) is 1.06. The lowest BCUT2D eigenvalue weighted by atomic mass is 9.95. The van der Waals surface area contributed by atoms with E-state index in [2.05, 4.69) is 16.4 Å². The maximum Gasteiger partial charge on any atom is 0.134 e. The number of aromatic nitrogens is 2. The van der Waals surface area contributed by atoms with Crippen LogP contribution in [0.25, 0.3) is 0 Å². The van der Waals surface area contributed by atoms with Crippen LogP contribution in [0.4, 0.5) is 0 Å². The molecule has 0 aliphatic carbocycles. The molecule has 3 rings (SSSR count). The zero-order chi connectivity index (χ0) is 10.8. The second-order valence-corrected chi connectivity index (χ2v) is 4.58. The number of nitrogens with zero attached hydrogens (tertiary/aromatic N) is 2. The van der Waals surface area contributed by atoms with Gasteiger partial charge in [0.25, 0.3) is 0 Å². The lowest BCUT2D eigenvalue weighted by molar-refractivity contribution is 0.0844. The van der Waals surface area contributed by atoms with Crippen molar-refractivity contribution in [3.63, 3.8) is 0 Å². The van der Waals surface area contributed by atoms with E-state index in [1.807, 2.05) is 6.20 Å². The first-order valence-electron chi connectivity index (χ1n) is 6.05. The molecule has 16 heavy (non-hydrogen) atoms. The summed E-state index contributed by atoms with van der Waals surface area (Å²) in [5, 5.41) is 3.26. The summed E-state index contributed by atoms with van der Waals surface area (Å²) in [6, 6.07) is 2.06. The maximum atomic E-state index is 5.38. The minimum Gasteiger partial charge on any atom is -0.381 e. The Morgan fingerprint density at radius 1 is 1.19 bits per heavy atom. The average molecular weight is 219 g/mol. The highest BCUT2D eigenvalue weighted by Crippen LogP contribution is 2.26. The van der Waals surface area contributed by atoms with E-state index < -0.39 is 0 Å². The molecule has 0 aromatic carbocycles. The van der Waals surface area contributed by atoms with Gasteiger partial charge in [0, 0.05) is 50.0 Å². The summed E-state index contributed by atoms with van der Waals surface area (Å²) in [6.45, 7) is 3.79. The first-order chi connectivity index (χ1) is 7.93. The third kappa shape index (κ3) is 1.95. The lowest BCUT2D eigenvalue weighted by Gasteiger charge is -2.27. The van der Waals surface area contributed by atoms with Gasteiger partial charge in [0.1, 0.15) is 5.82 Å². The van der Waals surface area contributed by atoms with Crippen LogP contribution < -0.4 is 5.32 Å². The number of hydrogen-bond donors (Lipinski definition) is 1. The second-order valence-electron chi connectivity index (χ2n) is 4.58. The second kappa shape index (κ2) is 4.47. The molecule has 2 aliphatic heterocycles. The highest BCUT2D eigenvalue weighted by molar-refractivity contribution is 5.13. The van der Waals surface area contributed by atoms with Gasteiger partial charge in [-0.25, -0.2) is 9.97 Å². The predicted molar refractivity (Wildman–Crippen MR) is 60.4 cm³/mol. The van der Waals surface area contributed by atoms with E-state index in [9.17, 15) is 0 Å². The highest BCUT2D eigenvalue weighted by Gasteiger charge is 2.23. The quantitative estimate of drug-likeness (QED) is 0.808. The Morgan fingerprint density at radius 3 is 2.69 bits per heavy atom. The van der Waals surface area contributed by atoms with Gasteiger partial charge in [-0.3, -0.25) is 0 Å². The minimum atomic E-state index is 0.528. The molecule has 1 aromatic rings. The van der Waals surface area contributed by atoms with E-state index in [0.29, 0.717) is 11.8 Å². The monoisotopic (exact) mass is 219 g/mol. The smallest absolute Gasteiger partial charge is 0.134 e. The first-order valence-corrected chi connectivity index (χ1v) is 6.05. The van der Waals surface area contributed by atoms with Crippen LogP contribution in [0.1, 0.15) is 36.2 Å². The molecule has 0 spiro atoms. The molecule has 0 bridgehead atoms. The molecular weight excluding hydrogens is 202 g/mol. The summed E-state index contributed by atoms with van der Waals surface area (Å²) in [6.07, 6.45) is 4.10. The van der Waals surface area contributed by atoms with Gasteiger partial charge in [0.2, 0.25) is 0 Å². The Kier molecular flexibility index (Phi) is 2.84. The van der Waals surface area contributed by atoms with E-state index in [1.165, 1.54) is 5.69 Å². The number of hydrogen-bond acceptors (Lipinski definition) is 4. The standard InChI is InChI=1S/C12H17N3O/c1-4-14-12(10-7-13-8-10)15-11(1)9-2-5-16-6-3-9/h1,4,9-10,13H,2-3,5-8H2. The van der Waals surface area contributed by atoms with Gasteiger partial charge in [0.05, 0.1) is 0 Å². The molecule has 4 heteroatoms. The highest BCUT2D eigenvalue weighted by atomic mass is 16.5. The van der Waals surface area contributed by atoms with E-state index in [0.717, 1.165) is 45.0 Å². The molecule has 4 nitrogen and oxygen atoms in total. The van der Waals surface area contributed by atoms with Crippen LogP contribution in [0, 0.1) is 0 Å². The normalized spacial score (nSPS) is 23.0. The number of ether oxygens (including phenoxy) is 1. The third-order valence-electron chi connectivity index (χ3n) is 3.48. The van der Waals surface area contributed by atoms with Crippen molar-refractivity contribution in [2.45, 2.75) is 24.7 Å².